The third-order valence-electron chi connectivity index (χ3n) is 5.09. The second-order valence-electron chi connectivity index (χ2n) is 7.22. The first-order valence-corrected chi connectivity index (χ1v) is 9.85. The minimum Gasteiger partial charge on any atom is -0.339 e. The second-order valence-corrected chi connectivity index (χ2v) is 7.22. The van der Waals surface area contributed by atoms with Gasteiger partial charge in [0.25, 0.3) is 5.56 Å². The predicted octanol–water partition coefficient (Wildman–Crippen LogP) is 4.19. The number of halogens is 1. The maximum Gasteiger partial charge on any atom is 0.275 e. The number of hydrogen-bond donors (Lipinski definition) is 1. The molecule has 1 amide bonds. The average Bonchev–Trinajstić information content (AvgIpc) is 3.14. The molecule has 0 spiro atoms. The number of aromatic nitrogens is 2. The Morgan fingerprint density at radius 3 is 2.40 bits per heavy atom. The molecule has 2 aromatic carbocycles. The highest BCUT2D eigenvalue weighted by molar-refractivity contribution is 5.90. The van der Waals surface area contributed by atoms with Gasteiger partial charge >= 0.3 is 0 Å². The van der Waals surface area contributed by atoms with Crippen molar-refractivity contribution in [2.75, 3.05) is 5.32 Å². The summed E-state index contributed by atoms with van der Waals surface area (Å²) in [5.74, 6) is -0.589. The number of fused-ring (bicyclic) bond motifs is 1. The highest BCUT2D eigenvalue weighted by atomic mass is 19.1. The van der Waals surface area contributed by atoms with Crippen molar-refractivity contribution in [1.29, 1.82) is 0 Å². The fraction of sp³-hybridized carbons (Fsp3) is 0.167. The van der Waals surface area contributed by atoms with E-state index in [-0.39, 0.29) is 23.8 Å². The molecule has 6 heteroatoms. The summed E-state index contributed by atoms with van der Waals surface area (Å²) in [6, 6.07) is 17.6. The zero-order valence-corrected chi connectivity index (χ0v) is 16.6. The monoisotopic (exact) mass is 403 g/mol. The number of anilines is 1. The number of pyridine rings is 1. The van der Waals surface area contributed by atoms with E-state index in [9.17, 15) is 14.0 Å². The lowest BCUT2D eigenvalue weighted by Crippen LogP contribution is -2.28. The van der Waals surface area contributed by atoms with E-state index in [0.29, 0.717) is 17.7 Å². The number of hydrogen-bond acceptors (Lipinski definition) is 2. The molecular formula is C24H22FN3O2. The predicted molar refractivity (Wildman–Crippen MR) is 116 cm³/mol. The van der Waals surface area contributed by atoms with Crippen LogP contribution >= 0.6 is 0 Å². The Morgan fingerprint density at radius 2 is 1.70 bits per heavy atom. The van der Waals surface area contributed by atoms with E-state index in [2.05, 4.69) is 12.2 Å². The molecule has 0 aliphatic heterocycles. The van der Waals surface area contributed by atoms with Crippen LogP contribution in [0.5, 0.6) is 0 Å². The standard InChI is InChI=1S/C24H22FN3O2/c1-2-17-6-8-21(9-7-17)26-22(29)16-28-13-11-19-10-12-27(23(19)24(28)30)15-18-4-3-5-20(25)14-18/h3-14H,2,15-16H2,1H3,(H,26,29). The molecule has 0 aliphatic rings. The number of aryl methyl sites for hydroxylation is 1. The third-order valence-corrected chi connectivity index (χ3v) is 5.09. The summed E-state index contributed by atoms with van der Waals surface area (Å²) in [5, 5.41) is 3.61. The van der Waals surface area contributed by atoms with Crippen molar-refractivity contribution in [3.05, 3.63) is 100 Å². The third kappa shape index (κ3) is 4.17. The van der Waals surface area contributed by atoms with Crippen LogP contribution in [-0.2, 0) is 24.3 Å². The molecule has 0 aliphatic carbocycles. The van der Waals surface area contributed by atoms with Crippen molar-refractivity contribution >= 4 is 22.5 Å². The number of nitrogens with one attached hydrogen (secondary N) is 1. The summed E-state index contributed by atoms with van der Waals surface area (Å²) in [6.07, 6.45) is 4.35. The SMILES string of the molecule is CCc1ccc(NC(=O)Cn2ccc3ccn(Cc4cccc(F)c4)c3c2=O)cc1. The first kappa shape index (κ1) is 19.6. The molecule has 152 valence electrons. The van der Waals surface area contributed by atoms with Gasteiger partial charge in [0, 0.05) is 30.0 Å². The number of benzene rings is 2. The van der Waals surface area contributed by atoms with Gasteiger partial charge in [-0.1, -0.05) is 31.2 Å². The number of nitrogens with zero attached hydrogens (tertiary/aromatic N) is 2. The van der Waals surface area contributed by atoms with Gasteiger partial charge in [-0.05, 0) is 53.9 Å². The topological polar surface area (TPSA) is 56.0 Å². The van der Waals surface area contributed by atoms with Crippen molar-refractivity contribution in [2.24, 2.45) is 0 Å². The number of carbonyl (C=O) groups is 1. The molecule has 0 unspecified atom stereocenters. The fourth-order valence-electron chi connectivity index (χ4n) is 3.51. The Bertz CT molecular complexity index is 1260. The lowest BCUT2D eigenvalue weighted by atomic mass is 10.1. The van der Waals surface area contributed by atoms with Crippen molar-refractivity contribution in [1.82, 2.24) is 9.13 Å². The Kier molecular flexibility index (Phi) is 5.48. The molecule has 0 radical (unpaired) electrons. The molecule has 4 aromatic rings. The van der Waals surface area contributed by atoms with Crippen molar-refractivity contribution in [3.8, 4) is 0 Å². The van der Waals surface area contributed by atoms with Gasteiger partial charge in [-0.15, -0.1) is 0 Å². The minimum absolute atomic E-state index is 0.0878. The van der Waals surface area contributed by atoms with Crippen molar-refractivity contribution < 1.29 is 9.18 Å². The van der Waals surface area contributed by atoms with E-state index in [1.54, 1.807) is 23.0 Å². The molecule has 5 nitrogen and oxygen atoms in total. The normalized spacial score (nSPS) is 11.0. The molecule has 1 N–H and O–H groups in total. The van der Waals surface area contributed by atoms with Crippen molar-refractivity contribution in [3.63, 3.8) is 0 Å². The summed E-state index contributed by atoms with van der Waals surface area (Å²) in [4.78, 5) is 25.5. The molecule has 0 fully saturated rings. The fourth-order valence-corrected chi connectivity index (χ4v) is 3.51. The Morgan fingerprint density at radius 1 is 0.967 bits per heavy atom. The van der Waals surface area contributed by atoms with Crippen LogP contribution in [0.3, 0.4) is 0 Å². The number of carbonyl (C=O) groups excluding carboxylic acids is 1. The molecule has 0 atom stereocenters. The molecule has 30 heavy (non-hydrogen) atoms. The lowest BCUT2D eigenvalue weighted by Gasteiger charge is -2.10. The van der Waals surface area contributed by atoms with Crippen LogP contribution in [0.4, 0.5) is 10.1 Å². The first-order chi connectivity index (χ1) is 14.5. The molecule has 4 rings (SSSR count). The van der Waals surface area contributed by atoms with Crippen LogP contribution in [0.1, 0.15) is 18.1 Å². The zero-order valence-electron chi connectivity index (χ0n) is 16.6. The molecule has 0 saturated carbocycles. The van der Waals surface area contributed by atoms with Gasteiger partial charge < -0.3 is 14.5 Å². The summed E-state index contributed by atoms with van der Waals surface area (Å²) in [6.45, 7) is 2.35. The zero-order chi connectivity index (χ0) is 21.1. The van der Waals surface area contributed by atoms with E-state index < -0.39 is 0 Å². The highest BCUT2D eigenvalue weighted by Gasteiger charge is 2.12. The van der Waals surface area contributed by atoms with E-state index in [1.807, 2.05) is 42.5 Å². The Labute approximate surface area is 173 Å². The van der Waals surface area contributed by atoms with Crippen molar-refractivity contribution in [2.45, 2.75) is 26.4 Å². The average molecular weight is 403 g/mol. The summed E-state index contributed by atoms with van der Waals surface area (Å²) in [7, 11) is 0. The number of amides is 1. The largest absolute Gasteiger partial charge is 0.339 e. The van der Waals surface area contributed by atoms with E-state index >= 15 is 0 Å². The molecule has 2 aromatic heterocycles. The molecule has 0 bridgehead atoms. The van der Waals surface area contributed by atoms with E-state index in [4.69, 9.17) is 0 Å². The van der Waals surface area contributed by atoms with Crippen LogP contribution in [0.2, 0.25) is 0 Å². The molecule has 0 saturated heterocycles. The van der Waals surface area contributed by atoms with Gasteiger partial charge in [0.05, 0.1) is 0 Å². The van der Waals surface area contributed by atoms with Crippen LogP contribution in [0.15, 0.2) is 77.9 Å². The van der Waals surface area contributed by atoms with Crippen LogP contribution in [0.25, 0.3) is 10.9 Å². The van der Waals surface area contributed by atoms with Gasteiger partial charge in [-0.2, -0.15) is 0 Å². The summed E-state index contributed by atoms with van der Waals surface area (Å²) < 4.78 is 16.7. The van der Waals surface area contributed by atoms with E-state index in [0.717, 1.165) is 17.4 Å². The summed E-state index contributed by atoms with van der Waals surface area (Å²) in [5.41, 5.74) is 2.87. The van der Waals surface area contributed by atoms with Gasteiger partial charge in [-0.25, -0.2) is 4.39 Å². The molecule has 2 heterocycles. The van der Waals surface area contributed by atoms with Gasteiger partial charge in [-0.3, -0.25) is 9.59 Å². The van der Waals surface area contributed by atoms with Gasteiger partial charge in [0.2, 0.25) is 5.91 Å². The van der Waals surface area contributed by atoms with Crippen LogP contribution in [-0.4, -0.2) is 15.0 Å². The maximum absolute atomic E-state index is 13.5. The quantitative estimate of drug-likeness (QED) is 0.525. The first-order valence-electron chi connectivity index (χ1n) is 9.85. The molecular weight excluding hydrogens is 381 g/mol. The second kappa shape index (κ2) is 8.37. The summed E-state index contributed by atoms with van der Waals surface area (Å²) >= 11 is 0. The van der Waals surface area contributed by atoms with Gasteiger partial charge in [0.15, 0.2) is 0 Å². The smallest absolute Gasteiger partial charge is 0.275 e. The van der Waals surface area contributed by atoms with Crippen LogP contribution in [0, 0.1) is 5.82 Å². The Hall–Kier alpha value is -3.67. The Balaban J connectivity index is 1.56. The maximum atomic E-state index is 13.5. The lowest BCUT2D eigenvalue weighted by molar-refractivity contribution is -0.116. The highest BCUT2D eigenvalue weighted by Crippen LogP contribution is 2.15. The van der Waals surface area contributed by atoms with Gasteiger partial charge in [0.1, 0.15) is 17.9 Å². The van der Waals surface area contributed by atoms with Crippen LogP contribution < -0.4 is 10.9 Å². The minimum atomic E-state index is -0.315. The van der Waals surface area contributed by atoms with E-state index in [1.165, 1.54) is 22.3 Å². The number of rotatable bonds is 6.